The van der Waals surface area contributed by atoms with Gasteiger partial charge in [0.1, 0.15) is 12.1 Å². The monoisotopic (exact) mass is 917 g/mol. The molecule has 6 aliphatic rings. The number of amides is 3. The number of benzene rings is 2. The molecule has 2 aromatic rings. The molecular formula is C53H71F3N4O6. The number of aliphatic hydroxyl groups excluding tert-OH is 2. The molecule has 4 fully saturated rings. The van der Waals surface area contributed by atoms with E-state index in [9.17, 15) is 37.8 Å². The minimum absolute atomic E-state index is 0.0366. The van der Waals surface area contributed by atoms with Gasteiger partial charge in [-0.1, -0.05) is 99.0 Å². The van der Waals surface area contributed by atoms with Crippen LogP contribution in [0.5, 0.6) is 0 Å². The summed E-state index contributed by atoms with van der Waals surface area (Å²) in [5.74, 6) is -0.198. The molecule has 0 bridgehead atoms. The molecule has 3 amide bonds. The van der Waals surface area contributed by atoms with Gasteiger partial charge in [-0.05, 0) is 122 Å². The fraction of sp³-hybridized carbons (Fsp3) is 0.642. The minimum atomic E-state index is -5.15. The number of ether oxygens (including phenoxy) is 1. The number of nitrogens with one attached hydrogen (secondary N) is 3. The van der Waals surface area contributed by atoms with Gasteiger partial charge < -0.3 is 30.9 Å². The van der Waals surface area contributed by atoms with Crippen LogP contribution in [-0.2, 0) is 25.5 Å². The van der Waals surface area contributed by atoms with Crippen molar-refractivity contribution >= 4 is 17.7 Å². The minimum Gasteiger partial charge on any atom is -0.393 e. The summed E-state index contributed by atoms with van der Waals surface area (Å²) >= 11 is 0. The van der Waals surface area contributed by atoms with Gasteiger partial charge in [-0.3, -0.25) is 19.3 Å². The van der Waals surface area contributed by atoms with Crippen LogP contribution in [0.2, 0.25) is 0 Å². The summed E-state index contributed by atoms with van der Waals surface area (Å²) in [5, 5.41) is 28.8. The Kier molecular flexibility index (Phi) is 14.6. The molecule has 66 heavy (non-hydrogen) atoms. The number of nitrogens with zero attached hydrogens (tertiary/aromatic N) is 1. The largest absolute Gasteiger partial charge is 0.471 e. The highest BCUT2D eigenvalue weighted by atomic mass is 19.4. The molecule has 0 aromatic heterocycles. The van der Waals surface area contributed by atoms with Gasteiger partial charge >= 0.3 is 12.1 Å². The summed E-state index contributed by atoms with van der Waals surface area (Å²) in [6.07, 6.45) is 6.66. The summed E-state index contributed by atoms with van der Waals surface area (Å²) in [5.41, 5.74) is 6.37. The van der Waals surface area contributed by atoms with Gasteiger partial charge in [-0.2, -0.15) is 13.2 Å². The van der Waals surface area contributed by atoms with Crippen LogP contribution in [0.3, 0.4) is 0 Å². The Morgan fingerprint density at radius 3 is 2.42 bits per heavy atom. The van der Waals surface area contributed by atoms with Crippen molar-refractivity contribution in [3.63, 3.8) is 0 Å². The van der Waals surface area contributed by atoms with Crippen molar-refractivity contribution in [1.82, 2.24) is 20.9 Å². The number of alkyl halides is 3. The lowest BCUT2D eigenvalue weighted by molar-refractivity contribution is -0.174. The predicted molar refractivity (Wildman–Crippen MR) is 247 cm³/mol. The first-order valence-electron chi connectivity index (χ1n) is 24.7. The van der Waals surface area contributed by atoms with Crippen LogP contribution in [0.25, 0.3) is 0 Å². The van der Waals surface area contributed by atoms with Crippen molar-refractivity contribution in [2.45, 2.75) is 153 Å². The van der Waals surface area contributed by atoms with Crippen LogP contribution in [0.15, 0.2) is 77.4 Å². The summed E-state index contributed by atoms with van der Waals surface area (Å²) in [4.78, 5) is 40.6. The smallest absolute Gasteiger partial charge is 0.393 e. The Morgan fingerprint density at radius 1 is 0.939 bits per heavy atom. The van der Waals surface area contributed by atoms with E-state index in [1.807, 2.05) is 11.4 Å². The van der Waals surface area contributed by atoms with E-state index in [1.165, 1.54) is 17.6 Å². The third-order valence-electron chi connectivity index (χ3n) is 16.9. The molecule has 13 heteroatoms. The number of piperidine rings is 1. The fourth-order valence-corrected chi connectivity index (χ4v) is 13.4. The second-order valence-corrected chi connectivity index (χ2v) is 20.9. The summed E-state index contributed by atoms with van der Waals surface area (Å²) in [7, 11) is 0. The van der Waals surface area contributed by atoms with E-state index in [2.05, 4.69) is 49.3 Å². The number of unbranched alkanes of at least 4 members (excludes halogenated alkanes) is 2. The molecule has 2 aromatic carbocycles. The lowest BCUT2D eigenvalue weighted by Gasteiger charge is -2.49. The zero-order valence-electron chi connectivity index (χ0n) is 39.2. The van der Waals surface area contributed by atoms with Gasteiger partial charge in [-0.15, -0.1) is 0 Å². The molecule has 4 aliphatic carbocycles. The molecule has 2 saturated heterocycles. The number of fused-ring (bicyclic) bond motifs is 6. The van der Waals surface area contributed by atoms with Crippen LogP contribution in [0, 0.1) is 35.0 Å². The number of hydrogen-bond donors (Lipinski definition) is 5. The number of allylic oxidation sites excluding steroid dienone is 2. The molecule has 2 aliphatic heterocycles. The second-order valence-electron chi connectivity index (χ2n) is 20.9. The normalized spacial score (nSPS) is 32.7. The first kappa shape index (κ1) is 48.4. The molecule has 2 saturated carbocycles. The Hall–Kier alpha value is -4.04. The quantitative estimate of drug-likeness (QED) is 0.0906. The number of halogens is 3. The van der Waals surface area contributed by atoms with Crippen molar-refractivity contribution in [3.05, 3.63) is 94.1 Å². The Labute approximate surface area is 388 Å². The molecule has 1 spiro atoms. The van der Waals surface area contributed by atoms with Gasteiger partial charge in [0.15, 0.2) is 0 Å². The number of likely N-dealkylation sites (tertiary alicyclic amines) is 1. The van der Waals surface area contributed by atoms with E-state index >= 15 is 0 Å². The third-order valence-corrected chi connectivity index (χ3v) is 16.9. The van der Waals surface area contributed by atoms with Crippen LogP contribution < -0.4 is 16.0 Å². The first-order valence-corrected chi connectivity index (χ1v) is 24.7. The van der Waals surface area contributed by atoms with E-state index in [-0.39, 0.29) is 48.1 Å². The van der Waals surface area contributed by atoms with Crippen LogP contribution in [0.1, 0.15) is 128 Å². The van der Waals surface area contributed by atoms with Crippen molar-refractivity contribution in [2.75, 3.05) is 26.2 Å². The van der Waals surface area contributed by atoms with Crippen LogP contribution >= 0.6 is 0 Å². The van der Waals surface area contributed by atoms with Crippen molar-refractivity contribution in [1.29, 1.82) is 0 Å². The highest BCUT2D eigenvalue weighted by Gasteiger charge is 2.61. The number of rotatable bonds is 15. The summed E-state index contributed by atoms with van der Waals surface area (Å²) in [6, 6.07) is 14.4. The van der Waals surface area contributed by atoms with Crippen molar-refractivity contribution in [3.8, 4) is 0 Å². The third kappa shape index (κ3) is 9.92. The van der Waals surface area contributed by atoms with Gasteiger partial charge in [0.05, 0.1) is 17.8 Å². The lowest BCUT2D eigenvalue weighted by Crippen LogP contribution is -2.54. The van der Waals surface area contributed by atoms with E-state index in [1.54, 1.807) is 54.1 Å². The van der Waals surface area contributed by atoms with Crippen molar-refractivity contribution < 1.29 is 42.5 Å². The lowest BCUT2D eigenvalue weighted by atomic mass is 9.56. The summed E-state index contributed by atoms with van der Waals surface area (Å²) < 4.78 is 47.0. The Bertz CT molecular complexity index is 2130. The first-order chi connectivity index (χ1) is 31.5. The van der Waals surface area contributed by atoms with Crippen LogP contribution in [0.4, 0.5) is 13.2 Å². The van der Waals surface area contributed by atoms with Gasteiger partial charge in [0.2, 0.25) is 11.8 Å². The van der Waals surface area contributed by atoms with E-state index in [4.69, 9.17) is 4.74 Å². The average molecular weight is 917 g/mol. The zero-order chi connectivity index (χ0) is 47.0. The SMILES string of the molecule is CC1=C2C[C@H]3C(CC=C4CC(O)CCC43C)[C@@H]2CCC12O[C@@H]1CC(C)CN(CCNC(=O)CCCCCNC(=O)C(Cc3ccc(C(O)c4ccccc4)cc3)NC(=O)C(F)(F)F)C1[C@H]2C. The standard InChI is InChI=1S/C53H71F3N4O6/c1-32-27-45-47(34(3)52(66-45)23-21-40-41-19-18-38-29-39(61)20-22-51(38,4)43(41)30-42(40)33(52)2)60(31-32)26-25-57-46(62)13-9-6-10-24-58-49(64)44(59-50(65)53(54,55)56)28-35-14-16-37(17-15-35)48(63)36-11-7-5-8-12-36/h5,7-8,11-12,14-18,32,34,39-41,43-45,47-48,61,63H,6,9-10,13,19-31H2,1-4H3,(H,57,62)(H,58,64)(H,59,65)/t32?,34-,39?,40+,41?,43+,44?,45-,47?,48?,51?,52?/m1/s1. The maximum absolute atomic E-state index is 13.2. The zero-order valence-corrected chi connectivity index (χ0v) is 39.2. The van der Waals surface area contributed by atoms with Gasteiger partial charge in [0, 0.05) is 51.0 Å². The highest BCUT2D eigenvalue weighted by Crippen LogP contribution is 2.65. The number of carbonyl (C=O) groups excluding carboxylic acids is 3. The number of aliphatic hydroxyl groups is 2. The number of hydrogen-bond acceptors (Lipinski definition) is 7. The molecule has 10 nitrogen and oxygen atoms in total. The number of carbonyl (C=O) groups is 3. The van der Waals surface area contributed by atoms with Crippen molar-refractivity contribution in [2.24, 2.45) is 35.0 Å². The maximum Gasteiger partial charge on any atom is 0.471 e. The summed E-state index contributed by atoms with van der Waals surface area (Å²) in [6.45, 7) is 12.0. The highest BCUT2D eigenvalue weighted by molar-refractivity contribution is 5.90. The Morgan fingerprint density at radius 2 is 1.68 bits per heavy atom. The predicted octanol–water partition coefficient (Wildman–Crippen LogP) is 7.88. The molecular weight excluding hydrogens is 846 g/mol. The molecule has 8 rings (SSSR count). The van der Waals surface area contributed by atoms with E-state index < -0.39 is 30.1 Å². The molecule has 0 radical (unpaired) electrons. The second kappa shape index (κ2) is 19.9. The average Bonchev–Trinajstić information content (AvgIpc) is 3.82. The Balaban J connectivity index is 0.784. The molecule has 8 unspecified atom stereocenters. The fourth-order valence-electron chi connectivity index (χ4n) is 13.4. The van der Waals surface area contributed by atoms with E-state index in [0.717, 1.165) is 58.0 Å². The topological polar surface area (TPSA) is 140 Å². The molecule has 360 valence electrons. The molecule has 2 heterocycles. The van der Waals surface area contributed by atoms with E-state index in [0.29, 0.717) is 78.5 Å². The molecule has 5 N–H and O–H groups in total. The van der Waals surface area contributed by atoms with Gasteiger partial charge in [-0.25, -0.2) is 0 Å². The molecule has 12 atom stereocenters. The maximum atomic E-state index is 13.2. The van der Waals surface area contributed by atoms with Gasteiger partial charge in [0.25, 0.3) is 0 Å². The van der Waals surface area contributed by atoms with Crippen LogP contribution in [-0.4, -0.2) is 95.1 Å².